The minimum absolute atomic E-state index is 0.111. The van der Waals surface area contributed by atoms with Crippen LogP contribution in [0.4, 0.5) is 0 Å². The van der Waals surface area contributed by atoms with Crippen LogP contribution in [0.2, 0.25) is 0 Å². The summed E-state index contributed by atoms with van der Waals surface area (Å²) in [6.07, 6.45) is 0. The fourth-order valence-electron chi connectivity index (χ4n) is 0.271. The van der Waals surface area contributed by atoms with Gasteiger partial charge in [0.1, 0.15) is 6.79 Å². The lowest BCUT2D eigenvalue weighted by Gasteiger charge is -2.01. The van der Waals surface area contributed by atoms with Gasteiger partial charge in [-0.15, -0.1) is 0 Å². The van der Waals surface area contributed by atoms with E-state index in [1.54, 1.807) is 19.0 Å². The maximum absolute atomic E-state index is 9.77. The Morgan fingerprint density at radius 1 is 1.56 bits per heavy atom. The lowest BCUT2D eigenvalue weighted by Crippen LogP contribution is -2.20. The Kier molecular flexibility index (Phi) is 8.66. The summed E-state index contributed by atoms with van der Waals surface area (Å²) in [5.41, 5.74) is 0. The number of rotatable bonds is 2. The normalized spacial score (nSPS) is 7.89. The van der Waals surface area contributed by atoms with E-state index >= 15 is 0 Å². The van der Waals surface area contributed by atoms with Gasteiger partial charge in [0.15, 0.2) is 0 Å². The van der Waals surface area contributed by atoms with Gasteiger partial charge in [0.2, 0.25) is 0 Å². The molecule has 0 atom stereocenters. The van der Waals surface area contributed by atoms with E-state index in [-0.39, 0.29) is 6.54 Å². The molecular weight excluding hydrogens is 122 g/mol. The van der Waals surface area contributed by atoms with E-state index in [2.05, 4.69) is 0 Å². The maximum atomic E-state index is 9.77. The van der Waals surface area contributed by atoms with E-state index in [9.17, 15) is 4.79 Å². The van der Waals surface area contributed by atoms with Crippen LogP contribution in [-0.4, -0.2) is 43.4 Å². The second-order valence-corrected chi connectivity index (χ2v) is 1.63. The smallest absolute Gasteiger partial charge is 0.317 e. The largest absolute Gasteiger partial charge is 0.480 e. The maximum Gasteiger partial charge on any atom is 0.317 e. The monoisotopic (exact) mass is 133 g/mol. The minimum Gasteiger partial charge on any atom is -0.480 e. The van der Waals surface area contributed by atoms with Gasteiger partial charge in [0.25, 0.3) is 0 Å². The third-order valence-corrected chi connectivity index (χ3v) is 0.451. The molecule has 0 heterocycles. The van der Waals surface area contributed by atoms with Gasteiger partial charge in [-0.1, -0.05) is 0 Å². The van der Waals surface area contributed by atoms with E-state index in [0.29, 0.717) is 0 Å². The summed E-state index contributed by atoms with van der Waals surface area (Å²) < 4.78 is 0. The van der Waals surface area contributed by atoms with E-state index in [1.807, 2.05) is 6.79 Å². The summed E-state index contributed by atoms with van der Waals surface area (Å²) in [5.74, 6) is -0.787. The van der Waals surface area contributed by atoms with Crippen LogP contribution in [0.15, 0.2) is 0 Å². The molecule has 0 aliphatic carbocycles. The number of likely N-dealkylation sites (N-methyl/N-ethyl adjacent to an activating group) is 1. The number of carboxylic acid groups (broad SMARTS) is 1. The highest BCUT2D eigenvalue weighted by molar-refractivity contribution is 5.68. The van der Waals surface area contributed by atoms with Gasteiger partial charge in [-0.2, -0.15) is 0 Å². The van der Waals surface area contributed by atoms with Gasteiger partial charge in [-0.3, -0.25) is 9.69 Å². The third kappa shape index (κ3) is 19.2. The van der Waals surface area contributed by atoms with Crippen molar-refractivity contribution in [2.24, 2.45) is 0 Å². The van der Waals surface area contributed by atoms with Gasteiger partial charge in [0, 0.05) is 0 Å². The zero-order chi connectivity index (χ0) is 7.86. The molecular formula is C5H11NO3. The molecule has 0 aromatic rings. The van der Waals surface area contributed by atoms with Crippen molar-refractivity contribution in [3.8, 4) is 0 Å². The molecule has 1 N–H and O–H groups in total. The fourth-order valence-corrected chi connectivity index (χ4v) is 0.271. The lowest BCUT2D eigenvalue weighted by atomic mass is 10.6. The Morgan fingerprint density at radius 3 is 1.89 bits per heavy atom. The first-order chi connectivity index (χ1) is 4.13. The molecule has 0 rings (SSSR count). The van der Waals surface area contributed by atoms with Crippen molar-refractivity contribution in [3.05, 3.63) is 0 Å². The number of aliphatic carboxylic acids is 1. The van der Waals surface area contributed by atoms with Crippen LogP contribution in [0.1, 0.15) is 0 Å². The molecule has 0 amide bonds. The van der Waals surface area contributed by atoms with Crippen LogP contribution in [0.5, 0.6) is 0 Å². The van der Waals surface area contributed by atoms with Crippen molar-refractivity contribution in [2.45, 2.75) is 0 Å². The first kappa shape index (κ1) is 11.0. The molecule has 54 valence electrons. The van der Waals surface area contributed by atoms with Crippen molar-refractivity contribution in [1.29, 1.82) is 0 Å². The van der Waals surface area contributed by atoms with E-state index in [0.717, 1.165) is 0 Å². The molecule has 0 aliphatic heterocycles. The Hall–Kier alpha value is -0.900. The predicted molar refractivity (Wildman–Crippen MR) is 33.3 cm³/mol. The molecule has 0 bridgehead atoms. The number of carbonyl (C=O) groups excluding carboxylic acids is 1. The van der Waals surface area contributed by atoms with Crippen LogP contribution in [0.3, 0.4) is 0 Å². The first-order valence-electron chi connectivity index (χ1n) is 2.28. The van der Waals surface area contributed by atoms with Gasteiger partial charge in [0.05, 0.1) is 6.54 Å². The fraction of sp³-hybridized carbons (Fsp3) is 0.600. The molecule has 0 radical (unpaired) electrons. The summed E-state index contributed by atoms with van der Waals surface area (Å²) in [7, 11) is 3.43. The molecule has 0 saturated carbocycles. The molecule has 0 aromatic carbocycles. The van der Waals surface area contributed by atoms with Gasteiger partial charge in [-0.25, -0.2) is 0 Å². The molecule has 0 saturated heterocycles. The second-order valence-electron chi connectivity index (χ2n) is 1.63. The van der Waals surface area contributed by atoms with Crippen molar-refractivity contribution in [3.63, 3.8) is 0 Å². The topological polar surface area (TPSA) is 57.6 Å². The average Bonchev–Trinajstić information content (AvgIpc) is 1.68. The minimum atomic E-state index is -0.787. The zero-order valence-corrected chi connectivity index (χ0v) is 5.63. The predicted octanol–water partition coefficient (Wildman–Crippen LogP) is -0.552. The summed E-state index contributed by atoms with van der Waals surface area (Å²) in [5, 5.41) is 8.04. The summed E-state index contributed by atoms with van der Waals surface area (Å²) in [4.78, 5) is 19.4. The number of carboxylic acids is 1. The third-order valence-electron chi connectivity index (χ3n) is 0.451. The van der Waals surface area contributed by atoms with Crippen molar-refractivity contribution >= 4 is 12.8 Å². The van der Waals surface area contributed by atoms with Gasteiger partial charge >= 0.3 is 5.97 Å². The highest BCUT2D eigenvalue weighted by Gasteiger charge is 1.94. The van der Waals surface area contributed by atoms with Crippen LogP contribution in [-0.2, 0) is 9.59 Å². The van der Waals surface area contributed by atoms with Crippen LogP contribution >= 0.6 is 0 Å². The van der Waals surface area contributed by atoms with E-state index in [4.69, 9.17) is 9.90 Å². The van der Waals surface area contributed by atoms with E-state index < -0.39 is 5.97 Å². The Morgan fingerprint density at radius 2 is 1.89 bits per heavy atom. The van der Waals surface area contributed by atoms with Gasteiger partial charge < -0.3 is 9.90 Å². The summed E-state index contributed by atoms with van der Waals surface area (Å²) >= 11 is 0. The standard InChI is InChI=1S/C4H9NO2.CH2O/c1-5(2)3-4(6)7;1-2/h3H2,1-2H3,(H,6,7);1H2. The zero-order valence-electron chi connectivity index (χ0n) is 5.63. The Balaban J connectivity index is 0. The number of nitrogens with zero attached hydrogens (tertiary/aromatic N) is 1. The summed E-state index contributed by atoms with van der Waals surface area (Å²) in [6.45, 7) is 2.11. The first-order valence-corrected chi connectivity index (χ1v) is 2.28. The molecule has 0 unspecified atom stereocenters. The quantitative estimate of drug-likeness (QED) is 0.549. The Bertz CT molecular complexity index is 82.3. The lowest BCUT2D eigenvalue weighted by molar-refractivity contribution is -0.137. The van der Waals surface area contributed by atoms with Crippen LogP contribution in [0.25, 0.3) is 0 Å². The average molecular weight is 133 g/mol. The SMILES string of the molecule is C=O.CN(C)CC(=O)O. The molecule has 4 nitrogen and oxygen atoms in total. The molecule has 0 spiro atoms. The van der Waals surface area contributed by atoms with E-state index in [1.165, 1.54) is 0 Å². The number of carbonyl (C=O) groups is 2. The van der Waals surface area contributed by atoms with Gasteiger partial charge in [-0.05, 0) is 14.1 Å². The van der Waals surface area contributed by atoms with Crippen LogP contribution < -0.4 is 0 Å². The van der Waals surface area contributed by atoms with Crippen molar-refractivity contribution in [1.82, 2.24) is 4.90 Å². The Labute approximate surface area is 54.1 Å². The second kappa shape index (κ2) is 7.10. The highest BCUT2D eigenvalue weighted by atomic mass is 16.4. The number of hydrogen-bond acceptors (Lipinski definition) is 3. The molecule has 9 heavy (non-hydrogen) atoms. The van der Waals surface area contributed by atoms with Crippen LogP contribution in [0, 0.1) is 0 Å². The molecule has 0 aliphatic rings. The molecule has 4 heteroatoms. The summed E-state index contributed by atoms with van der Waals surface area (Å²) in [6, 6.07) is 0. The van der Waals surface area contributed by atoms with Crippen molar-refractivity contribution in [2.75, 3.05) is 20.6 Å². The molecule has 0 aromatic heterocycles. The number of hydrogen-bond donors (Lipinski definition) is 1. The molecule has 0 fully saturated rings. The van der Waals surface area contributed by atoms with Crippen molar-refractivity contribution < 1.29 is 14.7 Å². The highest BCUT2D eigenvalue weighted by Crippen LogP contribution is 1.69.